The second-order valence-corrected chi connectivity index (χ2v) is 8.26. The normalized spacial score (nSPS) is 10.7. The molecule has 0 atom stereocenters. The lowest BCUT2D eigenvalue weighted by Gasteiger charge is -2.03. The fourth-order valence-corrected chi connectivity index (χ4v) is 4.39. The van der Waals surface area contributed by atoms with Gasteiger partial charge in [-0.25, -0.2) is 0 Å². The summed E-state index contributed by atoms with van der Waals surface area (Å²) in [5.74, 6) is 0.891. The maximum absolute atomic E-state index is 4.28. The van der Waals surface area contributed by atoms with Crippen LogP contribution in [0.2, 0.25) is 0 Å². The minimum atomic E-state index is 0.765. The first-order valence-corrected chi connectivity index (χ1v) is 10.6. The first kappa shape index (κ1) is 17.8. The number of nitrogens with zero attached hydrogens (tertiary/aromatic N) is 2. The van der Waals surface area contributed by atoms with Crippen LogP contribution in [0, 0.1) is 0 Å². The molecular weight excluding hydrogens is 370 g/mol. The number of rotatable bonds is 7. The molecule has 0 unspecified atom stereocenters. The summed E-state index contributed by atoms with van der Waals surface area (Å²) < 4.78 is 0.984. The first-order chi connectivity index (χ1) is 13.4. The third kappa shape index (κ3) is 4.96. The molecule has 27 heavy (non-hydrogen) atoms. The van der Waals surface area contributed by atoms with E-state index in [1.165, 1.54) is 22.3 Å². The zero-order valence-corrected chi connectivity index (χ0v) is 16.3. The van der Waals surface area contributed by atoms with Gasteiger partial charge in [-0.15, -0.1) is 10.2 Å². The van der Waals surface area contributed by atoms with Crippen molar-refractivity contribution in [2.45, 2.75) is 16.6 Å². The molecule has 3 aromatic carbocycles. The largest absolute Gasteiger partial charge is 0.356 e. The van der Waals surface area contributed by atoms with Gasteiger partial charge in [0.15, 0.2) is 4.34 Å². The van der Waals surface area contributed by atoms with Gasteiger partial charge in [0.05, 0.1) is 0 Å². The number of benzene rings is 3. The van der Waals surface area contributed by atoms with E-state index in [4.69, 9.17) is 0 Å². The van der Waals surface area contributed by atoms with Crippen LogP contribution < -0.4 is 5.32 Å². The SMILES string of the molecule is c1ccc(CNc2nnc(SCc3ccc(-c4ccccc4)cc3)s2)cc1. The third-order valence-electron chi connectivity index (χ3n) is 4.12. The van der Waals surface area contributed by atoms with Crippen molar-refractivity contribution in [3.63, 3.8) is 0 Å². The van der Waals surface area contributed by atoms with Gasteiger partial charge in [-0.1, -0.05) is 108 Å². The van der Waals surface area contributed by atoms with Gasteiger partial charge in [0.2, 0.25) is 5.13 Å². The lowest BCUT2D eigenvalue weighted by Crippen LogP contribution is -1.98. The van der Waals surface area contributed by atoms with E-state index in [0.717, 1.165) is 21.8 Å². The Morgan fingerprint density at radius 2 is 1.37 bits per heavy atom. The van der Waals surface area contributed by atoms with Gasteiger partial charge in [-0.05, 0) is 22.3 Å². The predicted octanol–water partition coefficient (Wildman–Crippen LogP) is 6.11. The molecule has 5 heteroatoms. The lowest BCUT2D eigenvalue weighted by atomic mass is 10.0. The molecule has 134 valence electrons. The summed E-state index contributed by atoms with van der Waals surface area (Å²) in [4.78, 5) is 0. The molecular formula is C22H19N3S2. The second-order valence-electron chi connectivity index (χ2n) is 6.06. The van der Waals surface area contributed by atoms with Gasteiger partial charge >= 0.3 is 0 Å². The van der Waals surface area contributed by atoms with Crippen LogP contribution in [0.5, 0.6) is 0 Å². The minimum Gasteiger partial charge on any atom is -0.356 e. The molecule has 0 aliphatic rings. The Balaban J connectivity index is 1.31. The van der Waals surface area contributed by atoms with Crippen molar-refractivity contribution in [1.82, 2.24) is 10.2 Å². The Morgan fingerprint density at radius 3 is 2.11 bits per heavy atom. The zero-order valence-electron chi connectivity index (χ0n) is 14.7. The van der Waals surface area contributed by atoms with Gasteiger partial charge in [0, 0.05) is 12.3 Å². The molecule has 0 fully saturated rings. The molecule has 1 heterocycles. The van der Waals surface area contributed by atoms with Crippen molar-refractivity contribution in [2.24, 2.45) is 0 Å². The quantitative estimate of drug-likeness (QED) is 0.387. The van der Waals surface area contributed by atoms with Crippen LogP contribution in [0.4, 0.5) is 5.13 Å². The van der Waals surface area contributed by atoms with Crippen LogP contribution in [0.15, 0.2) is 89.3 Å². The molecule has 4 aromatic rings. The van der Waals surface area contributed by atoms with Crippen LogP contribution in [-0.2, 0) is 12.3 Å². The van der Waals surface area contributed by atoms with Crippen molar-refractivity contribution in [3.05, 3.63) is 96.1 Å². The average Bonchev–Trinajstić information content (AvgIpc) is 3.20. The van der Waals surface area contributed by atoms with E-state index in [1.54, 1.807) is 23.1 Å². The topological polar surface area (TPSA) is 37.8 Å². The lowest BCUT2D eigenvalue weighted by molar-refractivity contribution is 0.995. The molecule has 1 aromatic heterocycles. The van der Waals surface area contributed by atoms with Crippen LogP contribution in [0.3, 0.4) is 0 Å². The third-order valence-corrected chi connectivity index (χ3v) is 6.20. The van der Waals surface area contributed by atoms with Crippen molar-refractivity contribution < 1.29 is 0 Å². The summed E-state index contributed by atoms with van der Waals surface area (Å²) >= 11 is 3.32. The fraction of sp³-hybridized carbons (Fsp3) is 0.0909. The van der Waals surface area contributed by atoms with Crippen LogP contribution in [-0.4, -0.2) is 10.2 Å². The molecule has 0 spiro atoms. The highest BCUT2D eigenvalue weighted by Gasteiger charge is 2.05. The summed E-state index contributed by atoms with van der Waals surface area (Å²) in [7, 11) is 0. The Kier molecular flexibility index (Phi) is 5.82. The predicted molar refractivity (Wildman–Crippen MR) is 115 cm³/mol. The molecule has 0 saturated heterocycles. The van der Waals surface area contributed by atoms with Gasteiger partial charge in [0.25, 0.3) is 0 Å². The molecule has 0 aliphatic carbocycles. The molecule has 3 nitrogen and oxygen atoms in total. The maximum atomic E-state index is 4.28. The van der Waals surface area contributed by atoms with Gasteiger partial charge in [-0.2, -0.15) is 0 Å². The molecule has 1 N–H and O–H groups in total. The van der Waals surface area contributed by atoms with E-state index < -0.39 is 0 Å². The number of anilines is 1. The molecule has 0 amide bonds. The van der Waals surface area contributed by atoms with E-state index in [9.17, 15) is 0 Å². The van der Waals surface area contributed by atoms with Crippen molar-refractivity contribution in [2.75, 3.05) is 5.32 Å². The second kappa shape index (κ2) is 8.84. The van der Waals surface area contributed by atoms with Crippen molar-refractivity contribution in [1.29, 1.82) is 0 Å². The molecule has 0 radical (unpaired) electrons. The number of nitrogens with one attached hydrogen (secondary N) is 1. The highest BCUT2D eigenvalue weighted by molar-refractivity contribution is 8.00. The minimum absolute atomic E-state index is 0.765. The Labute approximate surface area is 167 Å². The van der Waals surface area contributed by atoms with E-state index in [2.05, 4.69) is 76.2 Å². The zero-order chi connectivity index (χ0) is 18.3. The summed E-state index contributed by atoms with van der Waals surface area (Å²) in [6, 6.07) is 29.5. The number of thioether (sulfide) groups is 1. The number of hydrogen-bond donors (Lipinski definition) is 1. The van der Waals surface area contributed by atoms with E-state index in [0.29, 0.717) is 0 Å². The Hall–Kier alpha value is -2.63. The van der Waals surface area contributed by atoms with Crippen LogP contribution in [0.1, 0.15) is 11.1 Å². The van der Waals surface area contributed by atoms with E-state index in [-0.39, 0.29) is 0 Å². The highest BCUT2D eigenvalue weighted by Crippen LogP contribution is 2.29. The Bertz CT molecular complexity index is 967. The van der Waals surface area contributed by atoms with Gasteiger partial charge < -0.3 is 5.32 Å². The monoisotopic (exact) mass is 389 g/mol. The number of aromatic nitrogens is 2. The van der Waals surface area contributed by atoms with Crippen LogP contribution in [0.25, 0.3) is 11.1 Å². The fourth-order valence-electron chi connectivity index (χ4n) is 2.68. The van der Waals surface area contributed by atoms with Crippen LogP contribution >= 0.6 is 23.1 Å². The van der Waals surface area contributed by atoms with Crippen molar-refractivity contribution >= 4 is 28.2 Å². The molecule has 0 saturated carbocycles. The summed E-state index contributed by atoms with van der Waals surface area (Å²) in [6.45, 7) is 0.765. The Morgan fingerprint density at radius 1 is 0.704 bits per heavy atom. The van der Waals surface area contributed by atoms with Gasteiger partial charge in [0.1, 0.15) is 0 Å². The maximum Gasteiger partial charge on any atom is 0.206 e. The molecule has 4 rings (SSSR count). The summed E-state index contributed by atoms with van der Waals surface area (Å²) in [5.41, 5.74) is 5.01. The first-order valence-electron chi connectivity index (χ1n) is 8.75. The number of hydrogen-bond acceptors (Lipinski definition) is 5. The van der Waals surface area contributed by atoms with Gasteiger partial charge in [-0.3, -0.25) is 0 Å². The molecule has 0 bridgehead atoms. The summed E-state index contributed by atoms with van der Waals surface area (Å²) in [6.07, 6.45) is 0. The summed E-state index contributed by atoms with van der Waals surface area (Å²) in [5, 5.41) is 12.7. The van der Waals surface area contributed by atoms with E-state index >= 15 is 0 Å². The van der Waals surface area contributed by atoms with E-state index in [1.807, 2.05) is 24.3 Å². The highest BCUT2D eigenvalue weighted by atomic mass is 32.2. The average molecular weight is 390 g/mol. The van der Waals surface area contributed by atoms with Crippen molar-refractivity contribution in [3.8, 4) is 11.1 Å². The smallest absolute Gasteiger partial charge is 0.206 e. The molecule has 0 aliphatic heterocycles. The standard InChI is InChI=1S/C22H19N3S2/c1-3-7-17(8-4-1)15-23-21-24-25-22(27-21)26-16-18-11-13-20(14-12-18)19-9-5-2-6-10-19/h1-14H,15-16H2,(H,23,24).